The number of aromatic nitrogens is 2. The molecule has 0 atom stereocenters. The van der Waals surface area contributed by atoms with E-state index in [1.807, 2.05) is 48.9 Å². The summed E-state index contributed by atoms with van der Waals surface area (Å²) in [6, 6.07) is 15.8. The number of benzene rings is 2. The van der Waals surface area contributed by atoms with Gasteiger partial charge in [0.05, 0.1) is 22.5 Å². The standard InChI is InChI=1S/C30H31BrFN5O2/c1-3-5-9-18-35-29(39)30(27(33-35)22-12-14-23(32)15-13-22)16-19-34(20-17-30)21-25-26(31)28(38)37(36(25)4-2)24-10-7-6-8-11-24/h6-8,10-15H,3-4,16-21H2,1-2H3. The number of hydrogen-bond acceptors (Lipinski definition) is 4. The van der Waals surface area contributed by atoms with Crippen LogP contribution in [0, 0.1) is 23.1 Å². The Bertz CT molecular complexity index is 1510. The number of carbonyl (C=O) groups excluding carboxylic acids is 1. The second-order valence-electron chi connectivity index (χ2n) is 9.81. The SMILES string of the molecule is CCC#CCN1N=C(c2ccc(F)cc2)C2(CCN(Cc3c(Br)c(=O)n(-c4ccccc4)n3CC)CC2)C1=O. The van der Waals surface area contributed by atoms with Crippen LogP contribution in [0.1, 0.15) is 44.4 Å². The molecule has 0 radical (unpaired) electrons. The molecule has 3 aromatic rings. The number of halogens is 2. The number of nitrogens with zero attached hydrogens (tertiary/aromatic N) is 5. The summed E-state index contributed by atoms with van der Waals surface area (Å²) in [4.78, 5) is 29.2. The van der Waals surface area contributed by atoms with Crippen LogP contribution in [0.2, 0.25) is 0 Å². The maximum Gasteiger partial charge on any atom is 0.286 e. The average Bonchev–Trinajstić information content (AvgIpc) is 3.36. The summed E-state index contributed by atoms with van der Waals surface area (Å²) in [5, 5.41) is 6.19. The normalized spacial score (nSPS) is 16.9. The van der Waals surface area contributed by atoms with E-state index >= 15 is 0 Å². The summed E-state index contributed by atoms with van der Waals surface area (Å²) in [6.07, 6.45) is 1.86. The molecule has 0 bridgehead atoms. The fourth-order valence-electron chi connectivity index (χ4n) is 5.54. The first-order valence-corrected chi connectivity index (χ1v) is 14.1. The summed E-state index contributed by atoms with van der Waals surface area (Å²) in [5.74, 6) is 5.67. The lowest BCUT2D eigenvalue weighted by molar-refractivity contribution is -0.137. The van der Waals surface area contributed by atoms with Gasteiger partial charge in [-0.1, -0.05) is 43.2 Å². The van der Waals surface area contributed by atoms with E-state index in [0.717, 1.165) is 16.9 Å². The first-order valence-electron chi connectivity index (χ1n) is 13.3. The smallest absolute Gasteiger partial charge is 0.286 e. The number of likely N-dealkylation sites (tertiary alicyclic amines) is 1. The van der Waals surface area contributed by atoms with Crippen molar-refractivity contribution in [3.05, 3.63) is 86.5 Å². The molecular formula is C30H31BrFN5O2. The van der Waals surface area contributed by atoms with Crippen LogP contribution < -0.4 is 5.56 Å². The Morgan fingerprint density at radius 2 is 1.69 bits per heavy atom. The summed E-state index contributed by atoms with van der Waals surface area (Å²) in [7, 11) is 0. The maximum atomic E-state index is 13.7. The van der Waals surface area contributed by atoms with Crippen LogP contribution in [-0.2, 0) is 17.9 Å². The van der Waals surface area contributed by atoms with Crippen molar-refractivity contribution < 1.29 is 9.18 Å². The molecule has 1 spiro atoms. The van der Waals surface area contributed by atoms with Gasteiger partial charge in [0, 0.05) is 19.5 Å². The van der Waals surface area contributed by atoms with Crippen LogP contribution in [0.5, 0.6) is 0 Å². The van der Waals surface area contributed by atoms with Gasteiger partial charge >= 0.3 is 0 Å². The molecule has 3 heterocycles. The van der Waals surface area contributed by atoms with Crippen molar-refractivity contribution in [3.63, 3.8) is 0 Å². The monoisotopic (exact) mass is 591 g/mol. The summed E-state index contributed by atoms with van der Waals surface area (Å²) in [5.41, 5.74) is 2.30. The Morgan fingerprint density at radius 1 is 1.00 bits per heavy atom. The van der Waals surface area contributed by atoms with Crippen molar-refractivity contribution in [3.8, 4) is 17.5 Å². The lowest BCUT2D eigenvalue weighted by Crippen LogP contribution is -2.49. The van der Waals surface area contributed by atoms with Gasteiger partial charge in [0.25, 0.3) is 11.5 Å². The van der Waals surface area contributed by atoms with E-state index in [4.69, 9.17) is 5.10 Å². The number of amides is 1. The molecule has 2 aliphatic heterocycles. The molecule has 0 aliphatic carbocycles. The van der Waals surface area contributed by atoms with Crippen LogP contribution in [0.15, 0.2) is 69.0 Å². The van der Waals surface area contributed by atoms with Gasteiger partial charge < -0.3 is 0 Å². The van der Waals surface area contributed by atoms with Crippen molar-refractivity contribution in [1.82, 2.24) is 19.3 Å². The quantitative estimate of drug-likeness (QED) is 0.387. The highest BCUT2D eigenvalue weighted by Gasteiger charge is 2.52. The zero-order valence-electron chi connectivity index (χ0n) is 22.2. The topological polar surface area (TPSA) is 62.8 Å². The summed E-state index contributed by atoms with van der Waals surface area (Å²) < 4.78 is 18.0. The van der Waals surface area contributed by atoms with E-state index in [2.05, 4.69) is 32.7 Å². The third kappa shape index (κ3) is 4.99. The highest BCUT2D eigenvalue weighted by molar-refractivity contribution is 9.10. The molecule has 1 fully saturated rings. The van der Waals surface area contributed by atoms with E-state index in [1.165, 1.54) is 17.1 Å². The minimum Gasteiger partial charge on any atom is -0.297 e. The van der Waals surface area contributed by atoms with Crippen molar-refractivity contribution in [1.29, 1.82) is 0 Å². The zero-order valence-corrected chi connectivity index (χ0v) is 23.7. The lowest BCUT2D eigenvalue weighted by atomic mass is 9.72. The van der Waals surface area contributed by atoms with Gasteiger partial charge in [-0.25, -0.2) is 14.1 Å². The molecule has 39 heavy (non-hydrogen) atoms. The average molecular weight is 593 g/mol. The van der Waals surface area contributed by atoms with E-state index in [1.54, 1.807) is 16.8 Å². The summed E-state index contributed by atoms with van der Waals surface area (Å²) >= 11 is 3.57. The number of hydrazone groups is 1. The molecule has 0 saturated carbocycles. The molecule has 1 aromatic heterocycles. The molecule has 1 amide bonds. The largest absolute Gasteiger partial charge is 0.297 e. The first kappa shape index (κ1) is 27.1. The highest BCUT2D eigenvalue weighted by atomic mass is 79.9. The van der Waals surface area contributed by atoms with Crippen molar-refractivity contribution in [2.75, 3.05) is 19.6 Å². The van der Waals surface area contributed by atoms with Crippen LogP contribution >= 0.6 is 15.9 Å². The molecule has 0 N–H and O–H groups in total. The van der Waals surface area contributed by atoms with Gasteiger partial charge in [0.15, 0.2) is 0 Å². The molecule has 0 unspecified atom stereocenters. The third-order valence-corrected chi connectivity index (χ3v) is 8.33. The molecule has 7 nitrogen and oxygen atoms in total. The zero-order chi connectivity index (χ0) is 27.6. The Balaban J connectivity index is 1.41. The fourth-order valence-corrected chi connectivity index (χ4v) is 6.04. The van der Waals surface area contributed by atoms with Crippen LogP contribution in [0.25, 0.3) is 5.69 Å². The van der Waals surface area contributed by atoms with Gasteiger partial charge in [-0.15, -0.1) is 5.92 Å². The number of para-hydroxylation sites is 1. The maximum absolute atomic E-state index is 13.7. The number of hydrogen-bond donors (Lipinski definition) is 0. The highest BCUT2D eigenvalue weighted by Crippen LogP contribution is 2.42. The molecular weight excluding hydrogens is 561 g/mol. The third-order valence-electron chi connectivity index (χ3n) is 7.54. The van der Waals surface area contributed by atoms with Crippen LogP contribution in [-0.4, -0.2) is 50.5 Å². The van der Waals surface area contributed by atoms with Crippen molar-refractivity contribution in [2.45, 2.75) is 46.2 Å². The molecule has 2 aliphatic rings. The van der Waals surface area contributed by atoms with Crippen LogP contribution in [0.3, 0.4) is 0 Å². The Kier molecular flexibility index (Phi) is 7.87. The van der Waals surface area contributed by atoms with E-state index < -0.39 is 5.41 Å². The second-order valence-corrected chi connectivity index (χ2v) is 10.6. The second kappa shape index (κ2) is 11.3. The van der Waals surface area contributed by atoms with E-state index in [0.29, 0.717) is 55.6 Å². The lowest BCUT2D eigenvalue weighted by Gasteiger charge is -2.38. The number of rotatable bonds is 6. The van der Waals surface area contributed by atoms with Gasteiger partial charge in [-0.05, 0) is 78.6 Å². The fraction of sp³-hybridized carbons (Fsp3) is 0.367. The molecule has 5 rings (SSSR count). The van der Waals surface area contributed by atoms with Crippen molar-refractivity contribution >= 4 is 27.5 Å². The molecule has 9 heteroatoms. The minimum absolute atomic E-state index is 0.0474. The predicted molar refractivity (Wildman–Crippen MR) is 153 cm³/mol. The van der Waals surface area contributed by atoms with E-state index in [9.17, 15) is 14.0 Å². The van der Waals surface area contributed by atoms with Gasteiger partial charge in [0.2, 0.25) is 0 Å². The first-order chi connectivity index (χ1) is 18.9. The molecule has 202 valence electrons. The molecule has 2 aromatic carbocycles. The Labute approximate surface area is 236 Å². The minimum atomic E-state index is -0.778. The van der Waals surface area contributed by atoms with Gasteiger partial charge in [-0.3, -0.25) is 19.2 Å². The number of piperidine rings is 1. The Morgan fingerprint density at radius 3 is 2.33 bits per heavy atom. The summed E-state index contributed by atoms with van der Waals surface area (Å²) in [6.45, 7) is 6.75. The van der Waals surface area contributed by atoms with Gasteiger partial charge in [-0.2, -0.15) is 5.10 Å². The van der Waals surface area contributed by atoms with Crippen molar-refractivity contribution in [2.24, 2.45) is 10.5 Å². The molecule has 1 saturated heterocycles. The predicted octanol–water partition coefficient (Wildman–Crippen LogP) is 4.80. The van der Waals surface area contributed by atoms with Crippen LogP contribution in [0.4, 0.5) is 4.39 Å². The Hall–Kier alpha value is -3.48. The van der Waals surface area contributed by atoms with Gasteiger partial charge in [0.1, 0.15) is 16.8 Å². The number of carbonyl (C=O) groups is 1. The van der Waals surface area contributed by atoms with E-state index in [-0.39, 0.29) is 23.8 Å².